The van der Waals surface area contributed by atoms with Gasteiger partial charge in [-0.25, -0.2) is 8.78 Å². The second-order valence-corrected chi connectivity index (χ2v) is 3.99. The first-order valence-electron chi connectivity index (χ1n) is 5.47. The lowest BCUT2D eigenvalue weighted by Crippen LogP contribution is -2.34. The average Bonchev–Trinajstić information content (AvgIpc) is 2.23. The molecule has 0 heterocycles. The van der Waals surface area contributed by atoms with Crippen LogP contribution in [0.5, 0.6) is 0 Å². The third-order valence-electron chi connectivity index (χ3n) is 2.14. The Kier molecular flexibility index (Phi) is 5.03. The molecule has 1 aromatic carbocycles. The lowest BCUT2D eigenvalue weighted by atomic mass is 10.2. The third kappa shape index (κ3) is 4.48. The summed E-state index contributed by atoms with van der Waals surface area (Å²) in [7, 11) is 0. The smallest absolute Gasteiger partial charge is 0.254 e. The fourth-order valence-corrected chi connectivity index (χ4v) is 1.31. The molecule has 5 heteroatoms. The van der Waals surface area contributed by atoms with Crippen LogP contribution in [0.4, 0.5) is 8.78 Å². The van der Waals surface area contributed by atoms with Crippen molar-refractivity contribution in [2.24, 2.45) is 0 Å². The van der Waals surface area contributed by atoms with Crippen LogP contribution in [0.2, 0.25) is 0 Å². The molecule has 94 valence electrons. The number of hydrogen-bond acceptors (Lipinski definition) is 2. The van der Waals surface area contributed by atoms with E-state index >= 15 is 0 Å². The van der Waals surface area contributed by atoms with Crippen molar-refractivity contribution in [2.45, 2.75) is 19.9 Å². The highest BCUT2D eigenvalue weighted by atomic mass is 19.1. The van der Waals surface area contributed by atoms with Gasteiger partial charge in [0, 0.05) is 25.2 Å². The van der Waals surface area contributed by atoms with Gasteiger partial charge in [0.15, 0.2) is 0 Å². The minimum atomic E-state index is -0.848. The van der Waals surface area contributed by atoms with Gasteiger partial charge in [-0.15, -0.1) is 0 Å². The first-order chi connectivity index (χ1) is 8.00. The Morgan fingerprint density at radius 2 is 2.00 bits per heavy atom. The molecule has 0 unspecified atom stereocenters. The maximum absolute atomic E-state index is 13.2. The van der Waals surface area contributed by atoms with Crippen molar-refractivity contribution >= 4 is 5.91 Å². The van der Waals surface area contributed by atoms with E-state index in [0.717, 1.165) is 12.1 Å². The molecule has 0 bridgehead atoms. The van der Waals surface area contributed by atoms with Crippen LogP contribution < -0.4 is 10.6 Å². The van der Waals surface area contributed by atoms with Crippen LogP contribution in [-0.2, 0) is 0 Å². The van der Waals surface area contributed by atoms with Crippen LogP contribution in [0.25, 0.3) is 0 Å². The molecule has 0 atom stereocenters. The van der Waals surface area contributed by atoms with Gasteiger partial charge >= 0.3 is 0 Å². The van der Waals surface area contributed by atoms with Crippen LogP contribution in [0.1, 0.15) is 24.2 Å². The van der Waals surface area contributed by atoms with Crippen LogP contribution in [0, 0.1) is 11.6 Å². The summed E-state index contributed by atoms with van der Waals surface area (Å²) in [5.74, 6) is -2.08. The summed E-state index contributed by atoms with van der Waals surface area (Å²) in [6.07, 6.45) is 0. The highest BCUT2D eigenvalue weighted by molar-refractivity contribution is 5.94. The maximum atomic E-state index is 13.2. The molecule has 1 aromatic rings. The summed E-state index contributed by atoms with van der Waals surface area (Å²) in [4.78, 5) is 11.5. The zero-order valence-corrected chi connectivity index (χ0v) is 9.89. The topological polar surface area (TPSA) is 41.1 Å². The number of benzene rings is 1. The minimum absolute atomic E-state index is 0.143. The van der Waals surface area contributed by atoms with Gasteiger partial charge in [-0.1, -0.05) is 13.8 Å². The van der Waals surface area contributed by atoms with Gasteiger partial charge in [0.25, 0.3) is 5.91 Å². The quantitative estimate of drug-likeness (QED) is 0.771. The summed E-state index contributed by atoms with van der Waals surface area (Å²) in [6, 6.07) is 3.22. The standard InChI is InChI=1S/C12H16F2N2O/c1-8(2)15-5-6-16-12(17)10-4-3-9(13)7-11(10)14/h3-4,7-8,15H,5-6H2,1-2H3,(H,16,17). The van der Waals surface area contributed by atoms with Crippen molar-refractivity contribution in [3.63, 3.8) is 0 Å². The Morgan fingerprint density at radius 1 is 1.29 bits per heavy atom. The molecule has 0 fully saturated rings. The molecule has 0 aliphatic rings. The van der Waals surface area contributed by atoms with Gasteiger partial charge in [-0.3, -0.25) is 4.79 Å². The molecule has 0 aliphatic heterocycles. The Balaban J connectivity index is 2.47. The van der Waals surface area contributed by atoms with Crippen molar-refractivity contribution in [3.05, 3.63) is 35.4 Å². The van der Waals surface area contributed by atoms with E-state index in [1.54, 1.807) is 0 Å². The van der Waals surface area contributed by atoms with E-state index in [1.165, 1.54) is 0 Å². The molecule has 3 nitrogen and oxygen atoms in total. The van der Waals surface area contributed by atoms with Crippen LogP contribution in [0.3, 0.4) is 0 Å². The van der Waals surface area contributed by atoms with Gasteiger partial charge in [0.2, 0.25) is 0 Å². The third-order valence-corrected chi connectivity index (χ3v) is 2.14. The number of halogens is 2. The lowest BCUT2D eigenvalue weighted by molar-refractivity contribution is 0.0949. The SMILES string of the molecule is CC(C)NCCNC(=O)c1ccc(F)cc1F. The molecule has 0 aliphatic carbocycles. The zero-order valence-electron chi connectivity index (χ0n) is 9.89. The molecule has 1 amide bonds. The largest absolute Gasteiger partial charge is 0.351 e. The number of carbonyl (C=O) groups is 1. The van der Waals surface area contributed by atoms with Crippen LogP contribution >= 0.6 is 0 Å². The summed E-state index contributed by atoms with van der Waals surface area (Å²) < 4.78 is 25.8. The van der Waals surface area contributed by atoms with Crippen molar-refractivity contribution < 1.29 is 13.6 Å². The fraction of sp³-hybridized carbons (Fsp3) is 0.417. The normalized spacial score (nSPS) is 10.6. The highest BCUT2D eigenvalue weighted by Crippen LogP contribution is 2.08. The molecule has 0 spiro atoms. The van der Waals surface area contributed by atoms with Crippen LogP contribution in [-0.4, -0.2) is 25.0 Å². The van der Waals surface area contributed by atoms with E-state index in [-0.39, 0.29) is 5.56 Å². The molecular formula is C12H16F2N2O. The van der Waals surface area contributed by atoms with Gasteiger partial charge < -0.3 is 10.6 Å². The Bertz CT molecular complexity index is 394. The monoisotopic (exact) mass is 242 g/mol. The summed E-state index contributed by atoms with van der Waals surface area (Å²) in [6.45, 7) is 4.98. The van der Waals surface area contributed by atoms with E-state index < -0.39 is 17.5 Å². The highest BCUT2D eigenvalue weighted by Gasteiger charge is 2.11. The predicted octanol–water partition coefficient (Wildman–Crippen LogP) is 1.69. The van der Waals surface area contributed by atoms with Gasteiger partial charge in [-0.05, 0) is 12.1 Å². The molecule has 0 saturated carbocycles. The van der Waals surface area contributed by atoms with Gasteiger partial charge in [0.1, 0.15) is 11.6 Å². The molecule has 1 rings (SSSR count). The molecule has 0 aromatic heterocycles. The molecule has 2 N–H and O–H groups in total. The summed E-state index contributed by atoms with van der Waals surface area (Å²) in [5.41, 5.74) is -0.143. The van der Waals surface area contributed by atoms with Crippen molar-refractivity contribution in [1.29, 1.82) is 0 Å². The van der Waals surface area contributed by atoms with E-state index in [2.05, 4.69) is 10.6 Å². The lowest BCUT2D eigenvalue weighted by Gasteiger charge is -2.09. The molecule has 17 heavy (non-hydrogen) atoms. The molecule has 0 radical (unpaired) electrons. The number of rotatable bonds is 5. The number of carbonyl (C=O) groups excluding carboxylic acids is 1. The first kappa shape index (κ1) is 13.6. The number of nitrogens with one attached hydrogen (secondary N) is 2. The Morgan fingerprint density at radius 3 is 2.59 bits per heavy atom. The first-order valence-corrected chi connectivity index (χ1v) is 5.47. The Hall–Kier alpha value is -1.49. The second-order valence-electron chi connectivity index (χ2n) is 3.99. The second kappa shape index (κ2) is 6.30. The minimum Gasteiger partial charge on any atom is -0.351 e. The molecule has 0 saturated heterocycles. The van der Waals surface area contributed by atoms with Gasteiger partial charge in [0.05, 0.1) is 5.56 Å². The van der Waals surface area contributed by atoms with Gasteiger partial charge in [-0.2, -0.15) is 0 Å². The summed E-state index contributed by atoms with van der Waals surface area (Å²) >= 11 is 0. The predicted molar refractivity (Wildman–Crippen MR) is 61.8 cm³/mol. The molecular weight excluding hydrogens is 226 g/mol. The summed E-state index contributed by atoms with van der Waals surface area (Å²) in [5, 5.41) is 5.66. The van der Waals surface area contributed by atoms with Crippen molar-refractivity contribution in [2.75, 3.05) is 13.1 Å². The van der Waals surface area contributed by atoms with Crippen LogP contribution in [0.15, 0.2) is 18.2 Å². The number of hydrogen-bond donors (Lipinski definition) is 2. The van der Waals surface area contributed by atoms with Crippen molar-refractivity contribution in [3.8, 4) is 0 Å². The number of amides is 1. The van der Waals surface area contributed by atoms with E-state index in [0.29, 0.717) is 25.2 Å². The Labute approximate surface area is 99.2 Å². The zero-order chi connectivity index (χ0) is 12.8. The van der Waals surface area contributed by atoms with E-state index in [9.17, 15) is 13.6 Å². The van der Waals surface area contributed by atoms with E-state index in [1.807, 2.05) is 13.8 Å². The van der Waals surface area contributed by atoms with Crippen molar-refractivity contribution in [1.82, 2.24) is 10.6 Å². The maximum Gasteiger partial charge on any atom is 0.254 e. The fourth-order valence-electron chi connectivity index (χ4n) is 1.31. The van der Waals surface area contributed by atoms with E-state index in [4.69, 9.17) is 0 Å². The average molecular weight is 242 g/mol.